The first-order valence-corrected chi connectivity index (χ1v) is 7.19. The molecule has 0 fully saturated rings. The molecule has 0 spiro atoms. The van der Waals surface area contributed by atoms with E-state index in [1.165, 1.54) is 6.07 Å². The average molecular weight is 338 g/mol. The number of hydrogen-bond donors (Lipinski definition) is 0. The summed E-state index contributed by atoms with van der Waals surface area (Å²) < 4.78 is 5.26. The number of halogens is 2. The summed E-state index contributed by atoms with van der Waals surface area (Å²) in [5.41, 5.74) is 1.47. The Hall–Kier alpha value is -2.04. The molecule has 0 bridgehead atoms. The molecule has 0 aliphatic carbocycles. The van der Waals surface area contributed by atoms with Crippen molar-refractivity contribution in [3.8, 4) is 5.75 Å². The van der Waals surface area contributed by atoms with Gasteiger partial charge >= 0.3 is 5.97 Å². The van der Waals surface area contributed by atoms with Crippen LogP contribution in [0.4, 0.5) is 0 Å². The number of nitrogens with zero attached hydrogens (tertiary/aromatic N) is 1. The Balaban J connectivity index is 1.88. The fourth-order valence-electron chi connectivity index (χ4n) is 1.61. The van der Waals surface area contributed by atoms with Gasteiger partial charge in [0.25, 0.3) is 0 Å². The third-order valence-electron chi connectivity index (χ3n) is 2.72. The second-order valence-corrected chi connectivity index (χ2v) is 5.21. The lowest BCUT2D eigenvalue weighted by Crippen LogP contribution is -2.13. The van der Waals surface area contributed by atoms with Gasteiger partial charge in [-0.3, -0.25) is 0 Å². The van der Waals surface area contributed by atoms with Crippen molar-refractivity contribution in [1.82, 2.24) is 0 Å². The Morgan fingerprint density at radius 1 is 1.14 bits per heavy atom. The third-order valence-corrected chi connectivity index (χ3v) is 3.25. The first-order valence-electron chi connectivity index (χ1n) is 6.44. The van der Waals surface area contributed by atoms with Crippen LogP contribution in [0.5, 0.6) is 5.75 Å². The van der Waals surface area contributed by atoms with Crippen molar-refractivity contribution < 1.29 is 14.4 Å². The molecule has 0 aliphatic rings. The normalized spacial score (nSPS) is 11.1. The van der Waals surface area contributed by atoms with E-state index in [-0.39, 0.29) is 6.61 Å². The van der Waals surface area contributed by atoms with Crippen LogP contribution in [0.15, 0.2) is 53.7 Å². The Morgan fingerprint density at radius 2 is 1.86 bits per heavy atom. The Bertz CT molecular complexity index is 687. The molecule has 0 N–H and O–H groups in total. The third kappa shape index (κ3) is 4.76. The summed E-state index contributed by atoms with van der Waals surface area (Å²) in [6, 6.07) is 14.1. The lowest BCUT2D eigenvalue weighted by molar-refractivity contribution is -0.146. The highest BCUT2D eigenvalue weighted by Crippen LogP contribution is 2.27. The molecule has 22 heavy (non-hydrogen) atoms. The van der Waals surface area contributed by atoms with Crippen LogP contribution < -0.4 is 4.74 Å². The molecule has 0 saturated heterocycles. The molecule has 2 rings (SSSR count). The van der Waals surface area contributed by atoms with Gasteiger partial charge in [-0.05, 0) is 30.7 Å². The van der Waals surface area contributed by atoms with Crippen LogP contribution in [0.25, 0.3) is 0 Å². The standard InChI is InChI=1S/C16H13Cl2NO3/c1-11(12-5-3-2-4-6-12)19-22-16(20)10-21-15-8-7-13(17)9-14(15)18/h2-9H,10H2,1H3/b19-11-. The summed E-state index contributed by atoms with van der Waals surface area (Å²) in [4.78, 5) is 16.4. The molecule has 6 heteroatoms. The van der Waals surface area contributed by atoms with Crippen LogP contribution in [0, 0.1) is 0 Å². The van der Waals surface area contributed by atoms with Gasteiger partial charge in [0.05, 0.1) is 10.7 Å². The predicted octanol–water partition coefficient (Wildman–Crippen LogP) is 4.34. The summed E-state index contributed by atoms with van der Waals surface area (Å²) in [7, 11) is 0. The molecule has 0 radical (unpaired) electrons. The molecule has 0 aromatic heterocycles. The average Bonchev–Trinajstić information content (AvgIpc) is 2.52. The second-order valence-electron chi connectivity index (χ2n) is 4.37. The van der Waals surface area contributed by atoms with Crippen LogP contribution in [0.1, 0.15) is 12.5 Å². The maximum Gasteiger partial charge on any atom is 0.372 e. The van der Waals surface area contributed by atoms with Crippen molar-refractivity contribution in [3.63, 3.8) is 0 Å². The number of carbonyl (C=O) groups excluding carboxylic acids is 1. The lowest BCUT2D eigenvalue weighted by Gasteiger charge is -2.06. The molecule has 0 heterocycles. The van der Waals surface area contributed by atoms with Gasteiger partial charge in [-0.2, -0.15) is 0 Å². The number of ether oxygens (including phenoxy) is 1. The van der Waals surface area contributed by atoms with Gasteiger partial charge in [-0.15, -0.1) is 0 Å². The van der Waals surface area contributed by atoms with Crippen LogP contribution in [0.2, 0.25) is 10.0 Å². The topological polar surface area (TPSA) is 47.9 Å². The number of carbonyl (C=O) groups is 1. The predicted molar refractivity (Wildman–Crippen MR) is 86.7 cm³/mol. The number of hydrogen-bond acceptors (Lipinski definition) is 4. The van der Waals surface area contributed by atoms with E-state index in [1.54, 1.807) is 19.1 Å². The van der Waals surface area contributed by atoms with Crippen molar-refractivity contribution in [2.75, 3.05) is 6.61 Å². The fraction of sp³-hybridized carbons (Fsp3) is 0.125. The van der Waals surface area contributed by atoms with E-state index < -0.39 is 5.97 Å². The summed E-state index contributed by atoms with van der Waals surface area (Å²) in [5.74, 6) is -0.270. The van der Waals surface area contributed by atoms with Crippen molar-refractivity contribution in [1.29, 1.82) is 0 Å². The minimum absolute atomic E-state index is 0.299. The van der Waals surface area contributed by atoms with E-state index in [0.29, 0.717) is 21.5 Å². The van der Waals surface area contributed by atoms with Crippen LogP contribution >= 0.6 is 23.2 Å². The van der Waals surface area contributed by atoms with Gasteiger partial charge in [0.15, 0.2) is 6.61 Å². The Labute approximate surface area is 138 Å². The molecule has 0 amide bonds. The largest absolute Gasteiger partial charge is 0.480 e. The molecule has 0 saturated carbocycles. The van der Waals surface area contributed by atoms with Crippen molar-refractivity contribution in [2.45, 2.75) is 6.92 Å². The highest BCUT2D eigenvalue weighted by atomic mass is 35.5. The molecule has 2 aromatic carbocycles. The van der Waals surface area contributed by atoms with E-state index in [0.717, 1.165) is 5.56 Å². The first kappa shape index (κ1) is 16.3. The van der Waals surface area contributed by atoms with Crippen molar-refractivity contribution in [3.05, 3.63) is 64.1 Å². The molecular formula is C16H13Cl2NO3. The molecule has 0 atom stereocenters. The van der Waals surface area contributed by atoms with Crippen LogP contribution in [-0.4, -0.2) is 18.3 Å². The molecule has 4 nitrogen and oxygen atoms in total. The molecule has 2 aromatic rings. The first-order chi connectivity index (χ1) is 10.6. The van der Waals surface area contributed by atoms with Crippen LogP contribution in [0.3, 0.4) is 0 Å². The number of rotatable bonds is 5. The van der Waals surface area contributed by atoms with Crippen molar-refractivity contribution in [2.24, 2.45) is 5.16 Å². The summed E-state index contributed by atoms with van der Waals surface area (Å²) in [6.45, 7) is 1.45. The Morgan fingerprint density at radius 3 is 2.55 bits per heavy atom. The zero-order chi connectivity index (χ0) is 15.9. The fourth-order valence-corrected chi connectivity index (χ4v) is 2.07. The molecular weight excluding hydrogens is 325 g/mol. The highest BCUT2D eigenvalue weighted by Gasteiger charge is 2.08. The van der Waals surface area contributed by atoms with Gasteiger partial charge in [0.2, 0.25) is 0 Å². The van der Waals surface area contributed by atoms with Gasteiger partial charge in [0.1, 0.15) is 5.75 Å². The molecule has 114 valence electrons. The maximum atomic E-state index is 11.6. The quantitative estimate of drug-likeness (QED) is 0.463. The monoisotopic (exact) mass is 337 g/mol. The SMILES string of the molecule is C/C(=N/OC(=O)COc1ccc(Cl)cc1Cl)c1ccccc1. The van der Waals surface area contributed by atoms with Gasteiger partial charge < -0.3 is 9.57 Å². The molecule has 0 unspecified atom stereocenters. The van der Waals surface area contributed by atoms with E-state index in [2.05, 4.69) is 5.16 Å². The molecule has 0 aliphatic heterocycles. The van der Waals surface area contributed by atoms with E-state index in [4.69, 9.17) is 32.8 Å². The smallest absolute Gasteiger partial charge is 0.372 e. The zero-order valence-electron chi connectivity index (χ0n) is 11.8. The van der Waals surface area contributed by atoms with Gasteiger partial charge in [-0.1, -0.05) is 58.7 Å². The zero-order valence-corrected chi connectivity index (χ0v) is 13.3. The van der Waals surface area contributed by atoms with Gasteiger partial charge in [0, 0.05) is 5.02 Å². The highest BCUT2D eigenvalue weighted by molar-refractivity contribution is 6.35. The minimum Gasteiger partial charge on any atom is -0.480 e. The van der Waals surface area contributed by atoms with Crippen molar-refractivity contribution >= 4 is 34.9 Å². The van der Waals surface area contributed by atoms with E-state index >= 15 is 0 Å². The number of oxime groups is 1. The van der Waals surface area contributed by atoms with E-state index in [1.807, 2.05) is 30.3 Å². The number of benzene rings is 2. The van der Waals surface area contributed by atoms with E-state index in [9.17, 15) is 4.79 Å². The summed E-state index contributed by atoms with van der Waals surface area (Å²) >= 11 is 11.7. The minimum atomic E-state index is -0.624. The Kier molecular flexibility index (Phi) is 5.81. The lowest BCUT2D eigenvalue weighted by atomic mass is 10.1. The second kappa shape index (κ2) is 7.82. The van der Waals surface area contributed by atoms with Gasteiger partial charge in [-0.25, -0.2) is 4.79 Å². The maximum absolute atomic E-state index is 11.6. The summed E-state index contributed by atoms with van der Waals surface area (Å²) in [5, 5.41) is 4.59. The summed E-state index contributed by atoms with van der Waals surface area (Å²) in [6.07, 6.45) is 0. The van der Waals surface area contributed by atoms with Crippen LogP contribution in [-0.2, 0) is 9.63 Å².